The molecular weight excluding hydrogens is 252 g/mol. The topological polar surface area (TPSA) is 57.5 Å². The molecule has 1 aromatic carbocycles. The van der Waals surface area contributed by atoms with Crippen LogP contribution in [0.5, 0.6) is 5.75 Å². The van der Waals surface area contributed by atoms with E-state index in [2.05, 4.69) is 13.8 Å². The van der Waals surface area contributed by atoms with E-state index in [4.69, 9.17) is 5.11 Å². The van der Waals surface area contributed by atoms with Crippen molar-refractivity contribution in [1.29, 1.82) is 0 Å². The van der Waals surface area contributed by atoms with Gasteiger partial charge in [0.15, 0.2) is 0 Å². The fourth-order valence-corrected chi connectivity index (χ4v) is 2.45. The Balaban J connectivity index is 2.38. The molecule has 1 atom stereocenters. The van der Waals surface area contributed by atoms with Crippen LogP contribution in [-0.4, -0.2) is 16.2 Å². The van der Waals surface area contributed by atoms with Gasteiger partial charge in [-0.15, -0.1) is 0 Å². The zero-order valence-electron chi connectivity index (χ0n) is 12.6. The molecule has 0 aliphatic rings. The zero-order chi connectivity index (χ0) is 15.0. The Kier molecular flexibility index (Phi) is 7.13. The van der Waals surface area contributed by atoms with Crippen LogP contribution in [0, 0.1) is 5.92 Å². The van der Waals surface area contributed by atoms with E-state index >= 15 is 0 Å². The Morgan fingerprint density at radius 2 is 1.90 bits per heavy atom. The van der Waals surface area contributed by atoms with Gasteiger partial charge in [-0.2, -0.15) is 0 Å². The first-order valence-corrected chi connectivity index (χ1v) is 7.59. The molecule has 2 N–H and O–H groups in total. The summed E-state index contributed by atoms with van der Waals surface area (Å²) < 4.78 is 0. The first-order chi connectivity index (χ1) is 9.54. The summed E-state index contributed by atoms with van der Waals surface area (Å²) in [6.45, 7) is 4.50. The first kappa shape index (κ1) is 16.5. The molecule has 3 heteroatoms. The maximum Gasteiger partial charge on any atom is 0.339 e. The number of aryl methyl sites for hydroxylation is 1. The van der Waals surface area contributed by atoms with Crippen LogP contribution in [0.1, 0.15) is 68.3 Å². The van der Waals surface area contributed by atoms with Gasteiger partial charge in [0.2, 0.25) is 0 Å². The van der Waals surface area contributed by atoms with Gasteiger partial charge in [-0.05, 0) is 36.5 Å². The van der Waals surface area contributed by atoms with Crippen LogP contribution in [-0.2, 0) is 6.42 Å². The number of benzene rings is 1. The van der Waals surface area contributed by atoms with E-state index in [-0.39, 0.29) is 11.3 Å². The molecule has 112 valence electrons. The third-order valence-corrected chi connectivity index (χ3v) is 3.75. The van der Waals surface area contributed by atoms with Crippen molar-refractivity contribution in [2.75, 3.05) is 0 Å². The lowest BCUT2D eigenvalue weighted by Crippen LogP contribution is -2.00. The molecule has 0 aromatic heterocycles. The van der Waals surface area contributed by atoms with Crippen LogP contribution in [0.15, 0.2) is 18.2 Å². The molecule has 3 nitrogen and oxygen atoms in total. The van der Waals surface area contributed by atoms with Gasteiger partial charge in [0, 0.05) is 0 Å². The molecule has 0 aliphatic heterocycles. The second kappa shape index (κ2) is 8.62. The van der Waals surface area contributed by atoms with Crippen LogP contribution < -0.4 is 0 Å². The average molecular weight is 278 g/mol. The molecule has 1 unspecified atom stereocenters. The molecule has 0 heterocycles. The first-order valence-electron chi connectivity index (χ1n) is 7.59. The summed E-state index contributed by atoms with van der Waals surface area (Å²) in [6.07, 6.45) is 8.27. The normalized spacial score (nSPS) is 12.3. The van der Waals surface area contributed by atoms with Gasteiger partial charge in [0.05, 0.1) is 0 Å². The van der Waals surface area contributed by atoms with E-state index in [1.165, 1.54) is 38.2 Å². The quantitative estimate of drug-likeness (QED) is 0.647. The molecule has 0 aliphatic carbocycles. The van der Waals surface area contributed by atoms with E-state index in [1.807, 2.05) is 6.07 Å². The number of aromatic carboxylic acids is 1. The number of carboxylic acids is 1. The molecule has 0 saturated heterocycles. The maximum absolute atomic E-state index is 10.9. The second-order valence-electron chi connectivity index (χ2n) is 5.65. The van der Waals surface area contributed by atoms with Crippen LogP contribution in [0.3, 0.4) is 0 Å². The van der Waals surface area contributed by atoms with E-state index < -0.39 is 5.97 Å². The van der Waals surface area contributed by atoms with Crippen molar-refractivity contribution in [3.63, 3.8) is 0 Å². The monoisotopic (exact) mass is 278 g/mol. The lowest BCUT2D eigenvalue weighted by molar-refractivity contribution is 0.0693. The smallest absolute Gasteiger partial charge is 0.339 e. The Morgan fingerprint density at radius 3 is 2.55 bits per heavy atom. The number of carboxylic acid groups (broad SMARTS) is 1. The van der Waals surface area contributed by atoms with Gasteiger partial charge >= 0.3 is 5.97 Å². The highest BCUT2D eigenvalue weighted by Gasteiger charge is 2.10. The van der Waals surface area contributed by atoms with Gasteiger partial charge in [0.25, 0.3) is 0 Å². The number of rotatable bonds is 9. The third kappa shape index (κ3) is 5.64. The predicted molar refractivity (Wildman–Crippen MR) is 81.3 cm³/mol. The van der Waals surface area contributed by atoms with Gasteiger partial charge in [0.1, 0.15) is 11.3 Å². The number of unbranched alkanes of at least 4 members (excludes halogenated alkanes) is 2. The van der Waals surface area contributed by atoms with Crippen molar-refractivity contribution in [2.45, 2.75) is 58.8 Å². The number of aromatic hydroxyl groups is 1. The summed E-state index contributed by atoms with van der Waals surface area (Å²) in [5, 5.41) is 18.4. The summed E-state index contributed by atoms with van der Waals surface area (Å²) in [5.74, 6) is -0.496. The van der Waals surface area contributed by atoms with Crippen LogP contribution in [0.2, 0.25) is 0 Å². The molecule has 1 aromatic rings. The van der Waals surface area contributed by atoms with Crippen molar-refractivity contribution in [3.8, 4) is 5.75 Å². The minimum absolute atomic E-state index is 0.00139. The van der Waals surface area contributed by atoms with E-state index in [9.17, 15) is 9.90 Å². The second-order valence-corrected chi connectivity index (χ2v) is 5.65. The fourth-order valence-electron chi connectivity index (χ4n) is 2.45. The summed E-state index contributed by atoms with van der Waals surface area (Å²) in [4.78, 5) is 10.9. The highest BCUT2D eigenvalue weighted by Crippen LogP contribution is 2.21. The highest BCUT2D eigenvalue weighted by molar-refractivity contribution is 5.90. The Bertz CT molecular complexity index is 426. The van der Waals surface area contributed by atoms with Gasteiger partial charge in [-0.3, -0.25) is 0 Å². The molecule has 20 heavy (non-hydrogen) atoms. The van der Waals surface area contributed by atoms with Crippen molar-refractivity contribution in [1.82, 2.24) is 0 Å². The van der Waals surface area contributed by atoms with Crippen molar-refractivity contribution < 1.29 is 15.0 Å². The molecule has 0 saturated carbocycles. The number of phenols is 1. The minimum Gasteiger partial charge on any atom is -0.507 e. The predicted octanol–water partition coefficient (Wildman–Crippen LogP) is 4.63. The average Bonchev–Trinajstić information content (AvgIpc) is 2.40. The highest BCUT2D eigenvalue weighted by atomic mass is 16.4. The number of hydrogen-bond acceptors (Lipinski definition) is 2. The molecule has 0 radical (unpaired) electrons. The zero-order valence-corrected chi connectivity index (χ0v) is 12.6. The Hall–Kier alpha value is -1.51. The molecule has 0 fully saturated rings. The molecule has 0 amide bonds. The maximum atomic E-state index is 10.9. The van der Waals surface area contributed by atoms with E-state index in [0.717, 1.165) is 24.3 Å². The van der Waals surface area contributed by atoms with Crippen LogP contribution in [0.4, 0.5) is 0 Å². The molecular formula is C17H26O3. The summed E-state index contributed by atoms with van der Waals surface area (Å²) >= 11 is 0. The van der Waals surface area contributed by atoms with Crippen LogP contribution in [0.25, 0.3) is 0 Å². The standard InChI is InChI=1S/C17H26O3/c1-3-4-5-7-13(2)8-6-9-14-10-11-16(18)15(12-14)17(19)20/h10-13,18H,3-9H2,1-2H3,(H,19,20). The summed E-state index contributed by atoms with van der Waals surface area (Å²) in [7, 11) is 0. The Labute approximate surface area is 121 Å². The Morgan fingerprint density at radius 1 is 1.20 bits per heavy atom. The molecule has 1 rings (SSSR count). The van der Waals surface area contributed by atoms with E-state index in [1.54, 1.807) is 6.07 Å². The van der Waals surface area contributed by atoms with E-state index in [0.29, 0.717) is 0 Å². The number of carbonyl (C=O) groups is 1. The van der Waals surface area contributed by atoms with Gasteiger partial charge in [-0.1, -0.05) is 52.0 Å². The molecule has 0 spiro atoms. The SMILES string of the molecule is CCCCCC(C)CCCc1ccc(O)c(C(=O)O)c1. The lowest BCUT2D eigenvalue weighted by atomic mass is 9.95. The summed E-state index contributed by atoms with van der Waals surface area (Å²) in [5.41, 5.74) is 0.986. The van der Waals surface area contributed by atoms with Crippen LogP contribution >= 0.6 is 0 Å². The van der Waals surface area contributed by atoms with Crippen molar-refractivity contribution >= 4 is 5.97 Å². The van der Waals surface area contributed by atoms with Gasteiger partial charge < -0.3 is 10.2 Å². The minimum atomic E-state index is -1.07. The largest absolute Gasteiger partial charge is 0.507 e. The number of hydrogen-bond donors (Lipinski definition) is 2. The van der Waals surface area contributed by atoms with Crippen molar-refractivity contribution in [2.24, 2.45) is 5.92 Å². The lowest BCUT2D eigenvalue weighted by Gasteiger charge is -2.11. The fraction of sp³-hybridized carbons (Fsp3) is 0.588. The molecule has 0 bridgehead atoms. The van der Waals surface area contributed by atoms with Crippen molar-refractivity contribution in [3.05, 3.63) is 29.3 Å². The van der Waals surface area contributed by atoms with Gasteiger partial charge in [-0.25, -0.2) is 4.79 Å². The summed E-state index contributed by atoms with van der Waals surface area (Å²) in [6, 6.07) is 4.87. The third-order valence-electron chi connectivity index (χ3n) is 3.75.